The molecule has 0 unspecified atom stereocenters. The molecule has 40 heavy (non-hydrogen) atoms. The van der Waals surface area contributed by atoms with E-state index in [0.29, 0.717) is 10.9 Å². The number of H-pyrrole nitrogens is 1. The molecule has 0 atom stereocenters. The van der Waals surface area contributed by atoms with Gasteiger partial charge in [-0.15, -0.1) is 0 Å². The van der Waals surface area contributed by atoms with Crippen molar-refractivity contribution in [1.82, 2.24) is 14.8 Å². The Labute approximate surface area is 230 Å². The molecule has 0 aliphatic carbocycles. The second-order valence-electron chi connectivity index (χ2n) is 8.89. The number of aryl methyl sites for hydroxylation is 1. The van der Waals surface area contributed by atoms with Gasteiger partial charge >= 0.3 is 0 Å². The molecule has 0 spiro atoms. The molecule has 0 saturated heterocycles. The standard InChI is InChI=1S/C26H19ClF3N5O4S/c1-12-6-14(39-22-5-3-4-17(28)23(22)30)9-18(29)24(12)35-26(31)15(11-32-35)25(36)21-8-13-7-16(27)20(10-19(13)33-21)34-40(2,37)38/h3-11,33-34H,31H2,1-2H3. The van der Waals surface area contributed by atoms with Crippen LogP contribution in [0.2, 0.25) is 5.02 Å². The van der Waals surface area contributed by atoms with Crippen LogP contribution in [0.4, 0.5) is 24.7 Å². The SMILES string of the molecule is Cc1cc(Oc2cccc(F)c2F)cc(F)c1-n1ncc(C(=O)c2cc3cc(Cl)c(NS(C)(=O)=O)cc3[nH]2)c1N. The molecule has 0 saturated carbocycles. The van der Waals surface area contributed by atoms with Crippen LogP contribution in [-0.4, -0.2) is 35.2 Å². The fraction of sp³-hybridized carbons (Fsp3) is 0.0769. The molecule has 206 valence electrons. The molecular weight excluding hydrogens is 571 g/mol. The molecule has 0 radical (unpaired) electrons. The number of halogens is 4. The summed E-state index contributed by atoms with van der Waals surface area (Å²) in [6.45, 7) is 1.53. The summed E-state index contributed by atoms with van der Waals surface area (Å²) in [6.07, 6.45) is 2.16. The molecule has 9 nitrogen and oxygen atoms in total. The molecule has 4 N–H and O–H groups in total. The molecule has 14 heteroatoms. The number of nitrogen functional groups attached to an aromatic ring is 1. The number of fused-ring (bicyclic) bond motifs is 1. The lowest BCUT2D eigenvalue weighted by atomic mass is 10.1. The van der Waals surface area contributed by atoms with Crippen molar-refractivity contribution < 1.29 is 31.1 Å². The second kappa shape index (κ2) is 9.92. The first-order valence-corrected chi connectivity index (χ1v) is 13.7. The topological polar surface area (TPSA) is 132 Å². The maximum atomic E-state index is 15.2. The summed E-state index contributed by atoms with van der Waals surface area (Å²) in [5.74, 6) is -4.40. The number of benzene rings is 3. The summed E-state index contributed by atoms with van der Waals surface area (Å²) >= 11 is 6.17. The van der Waals surface area contributed by atoms with E-state index in [0.717, 1.165) is 23.1 Å². The number of carbonyl (C=O) groups is 1. The number of nitrogens with zero attached hydrogens (tertiary/aromatic N) is 2. The quantitative estimate of drug-likeness (QED) is 0.208. The molecule has 5 aromatic rings. The normalized spacial score (nSPS) is 11.7. The molecule has 0 fully saturated rings. The van der Waals surface area contributed by atoms with Crippen LogP contribution in [0.15, 0.2) is 54.7 Å². The molecule has 0 aliphatic heterocycles. The zero-order valence-corrected chi connectivity index (χ0v) is 22.3. The van der Waals surface area contributed by atoms with Crippen molar-refractivity contribution >= 4 is 49.8 Å². The summed E-state index contributed by atoms with van der Waals surface area (Å²) in [5.41, 5.74) is 7.03. The number of anilines is 2. The van der Waals surface area contributed by atoms with Crippen molar-refractivity contribution in [3.8, 4) is 17.2 Å². The Morgan fingerprint density at radius 2 is 1.88 bits per heavy atom. The number of sulfonamides is 1. The molecule has 3 aromatic carbocycles. The van der Waals surface area contributed by atoms with Gasteiger partial charge < -0.3 is 15.5 Å². The Morgan fingerprint density at radius 3 is 2.58 bits per heavy atom. The number of hydrogen-bond acceptors (Lipinski definition) is 6. The number of ether oxygens (including phenoxy) is 1. The number of hydrogen-bond donors (Lipinski definition) is 3. The fourth-order valence-corrected chi connectivity index (χ4v) is 4.98. The minimum Gasteiger partial charge on any atom is -0.454 e. The smallest absolute Gasteiger partial charge is 0.229 e. The molecule has 2 heterocycles. The third kappa shape index (κ3) is 5.08. The van der Waals surface area contributed by atoms with Gasteiger partial charge in [-0.05, 0) is 48.9 Å². The number of ketones is 1. The van der Waals surface area contributed by atoms with Gasteiger partial charge in [-0.3, -0.25) is 9.52 Å². The number of rotatable bonds is 7. The van der Waals surface area contributed by atoms with Crippen molar-refractivity contribution in [3.05, 3.63) is 94.0 Å². The number of nitrogens with one attached hydrogen (secondary N) is 2. The third-order valence-corrected chi connectivity index (χ3v) is 6.79. The van der Waals surface area contributed by atoms with Crippen LogP contribution in [0, 0.1) is 24.4 Å². The van der Waals surface area contributed by atoms with Gasteiger partial charge in [0.2, 0.25) is 21.6 Å². The van der Waals surface area contributed by atoms with Crippen LogP contribution in [-0.2, 0) is 10.0 Å². The average Bonchev–Trinajstić information content (AvgIpc) is 3.44. The van der Waals surface area contributed by atoms with Gasteiger partial charge in [-0.1, -0.05) is 17.7 Å². The Morgan fingerprint density at radius 1 is 1.12 bits per heavy atom. The number of aromatic nitrogens is 3. The van der Waals surface area contributed by atoms with Gasteiger partial charge in [-0.25, -0.2) is 21.9 Å². The van der Waals surface area contributed by atoms with Crippen LogP contribution >= 0.6 is 11.6 Å². The van der Waals surface area contributed by atoms with E-state index in [1.807, 2.05) is 0 Å². The van der Waals surface area contributed by atoms with Crippen LogP contribution < -0.4 is 15.2 Å². The lowest BCUT2D eigenvalue weighted by Crippen LogP contribution is -2.10. The van der Waals surface area contributed by atoms with Crippen molar-refractivity contribution in [2.75, 3.05) is 16.7 Å². The summed E-state index contributed by atoms with van der Waals surface area (Å²) in [7, 11) is -3.59. The first-order valence-electron chi connectivity index (χ1n) is 11.4. The molecule has 2 aromatic heterocycles. The van der Waals surface area contributed by atoms with E-state index in [9.17, 15) is 22.0 Å². The molecule has 5 rings (SSSR count). The number of nitrogens with two attached hydrogens (primary N) is 1. The zero-order valence-electron chi connectivity index (χ0n) is 20.7. The highest BCUT2D eigenvalue weighted by molar-refractivity contribution is 7.92. The van der Waals surface area contributed by atoms with Gasteiger partial charge in [0.15, 0.2) is 17.4 Å². The molecule has 0 amide bonds. The van der Waals surface area contributed by atoms with E-state index in [1.165, 1.54) is 49.5 Å². The number of carbonyl (C=O) groups excluding carboxylic acids is 1. The monoisotopic (exact) mass is 589 g/mol. The Balaban J connectivity index is 1.46. The van der Waals surface area contributed by atoms with E-state index in [2.05, 4.69) is 14.8 Å². The summed E-state index contributed by atoms with van der Waals surface area (Å²) in [4.78, 5) is 16.2. The fourth-order valence-electron chi connectivity index (χ4n) is 4.13. The van der Waals surface area contributed by atoms with Crippen LogP contribution in [0.25, 0.3) is 16.6 Å². The Bertz CT molecular complexity index is 1920. The van der Waals surface area contributed by atoms with Crippen molar-refractivity contribution in [2.45, 2.75) is 6.92 Å². The van der Waals surface area contributed by atoms with Gasteiger partial charge in [0.05, 0.1) is 34.4 Å². The average molecular weight is 590 g/mol. The summed E-state index contributed by atoms with van der Waals surface area (Å²) < 4.78 is 74.6. The zero-order chi connectivity index (χ0) is 28.9. The predicted molar refractivity (Wildman–Crippen MR) is 144 cm³/mol. The minimum absolute atomic E-state index is 0.0342. The van der Waals surface area contributed by atoms with Gasteiger partial charge in [0.25, 0.3) is 0 Å². The summed E-state index contributed by atoms with van der Waals surface area (Å²) in [5, 5.41) is 4.74. The predicted octanol–water partition coefficient (Wildman–Crippen LogP) is 5.71. The maximum absolute atomic E-state index is 15.2. The van der Waals surface area contributed by atoms with Crippen LogP contribution in [0.1, 0.15) is 21.6 Å². The highest BCUT2D eigenvalue weighted by atomic mass is 35.5. The van der Waals surface area contributed by atoms with E-state index in [1.54, 1.807) is 0 Å². The van der Waals surface area contributed by atoms with Crippen molar-refractivity contribution in [2.24, 2.45) is 0 Å². The third-order valence-electron chi connectivity index (χ3n) is 5.88. The highest BCUT2D eigenvalue weighted by Gasteiger charge is 2.23. The molecule has 0 aliphatic rings. The first kappa shape index (κ1) is 27.1. The van der Waals surface area contributed by atoms with Gasteiger partial charge in [-0.2, -0.15) is 9.49 Å². The largest absolute Gasteiger partial charge is 0.454 e. The lowest BCUT2D eigenvalue weighted by Gasteiger charge is -2.13. The van der Waals surface area contributed by atoms with Crippen molar-refractivity contribution in [3.63, 3.8) is 0 Å². The molecular formula is C26H19ClF3N5O4S. The van der Waals surface area contributed by atoms with E-state index in [4.69, 9.17) is 22.1 Å². The van der Waals surface area contributed by atoms with E-state index in [-0.39, 0.29) is 44.8 Å². The maximum Gasteiger partial charge on any atom is 0.229 e. The van der Waals surface area contributed by atoms with E-state index < -0.39 is 39.0 Å². The Kier molecular flexibility index (Phi) is 6.72. The minimum atomic E-state index is -3.59. The van der Waals surface area contributed by atoms with Crippen molar-refractivity contribution in [1.29, 1.82) is 0 Å². The van der Waals surface area contributed by atoms with Crippen LogP contribution in [0.3, 0.4) is 0 Å². The van der Waals surface area contributed by atoms with Gasteiger partial charge in [0.1, 0.15) is 17.3 Å². The van der Waals surface area contributed by atoms with E-state index >= 15 is 4.39 Å². The second-order valence-corrected chi connectivity index (χ2v) is 11.0. The van der Waals surface area contributed by atoms with Gasteiger partial charge in [0, 0.05) is 17.0 Å². The highest BCUT2D eigenvalue weighted by Crippen LogP contribution is 2.33. The first-order chi connectivity index (χ1) is 18.8. The molecule has 0 bridgehead atoms. The Hall–Kier alpha value is -4.49. The lowest BCUT2D eigenvalue weighted by molar-refractivity contribution is 0.103. The number of aromatic amines is 1. The van der Waals surface area contributed by atoms with Crippen LogP contribution in [0.5, 0.6) is 11.5 Å². The summed E-state index contributed by atoms with van der Waals surface area (Å²) in [6, 6.07) is 10.2.